The van der Waals surface area contributed by atoms with Gasteiger partial charge in [0.15, 0.2) is 0 Å². The highest BCUT2D eigenvalue weighted by molar-refractivity contribution is 6.01. The second-order valence-corrected chi connectivity index (χ2v) is 6.83. The molecule has 1 fully saturated rings. The van der Waals surface area contributed by atoms with Crippen molar-refractivity contribution in [3.8, 4) is 0 Å². The summed E-state index contributed by atoms with van der Waals surface area (Å²) in [6, 6.07) is 6.36. The highest BCUT2D eigenvalue weighted by Gasteiger charge is 2.43. The van der Waals surface area contributed by atoms with Gasteiger partial charge in [0.05, 0.1) is 11.1 Å². The number of carbonyl (C=O) groups is 1. The zero-order chi connectivity index (χ0) is 17.7. The Morgan fingerprint density at radius 2 is 2.20 bits per heavy atom. The Morgan fingerprint density at radius 3 is 2.92 bits per heavy atom. The summed E-state index contributed by atoms with van der Waals surface area (Å²) in [4.78, 5) is 18.3. The zero-order valence-electron chi connectivity index (χ0n) is 14.6. The van der Waals surface area contributed by atoms with Crippen LogP contribution in [0.3, 0.4) is 0 Å². The quantitative estimate of drug-likeness (QED) is 0.860. The van der Waals surface area contributed by atoms with Crippen molar-refractivity contribution < 1.29 is 18.8 Å². The van der Waals surface area contributed by atoms with Crippen molar-refractivity contribution in [3.05, 3.63) is 35.6 Å². The average molecular weight is 348 g/mol. The minimum Gasteiger partial charge on any atom is -0.392 e. The molecule has 1 atom stereocenters. The van der Waals surface area contributed by atoms with Gasteiger partial charge in [0.2, 0.25) is 5.91 Å². The third kappa shape index (κ3) is 4.18. The lowest BCUT2D eigenvalue weighted by molar-refractivity contribution is -0.140. The van der Waals surface area contributed by atoms with E-state index in [0.717, 1.165) is 17.7 Å². The van der Waals surface area contributed by atoms with Gasteiger partial charge in [-0.1, -0.05) is 24.2 Å². The van der Waals surface area contributed by atoms with Gasteiger partial charge in [-0.3, -0.25) is 4.79 Å². The number of hydrogen-bond acceptors (Lipinski definition) is 4. The molecule has 6 heteroatoms. The second-order valence-electron chi connectivity index (χ2n) is 6.83. The summed E-state index contributed by atoms with van der Waals surface area (Å²) in [5.41, 5.74) is 1.00. The number of oxime groups is 1. The van der Waals surface area contributed by atoms with Crippen LogP contribution >= 0.6 is 0 Å². The first-order valence-corrected chi connectivity index (χ1v) is 8.98. The number of rotatable bonds is 6. The molecule has 0 unspecified atom stereocenters. The lowest BCUT2D eigenvalue weighted by Crippen LogP contribution is -2.46. The van der Waals surface area contributed by atoms with E-state index in [0.29, 0.717) is 45.4 Å². The van der Waals surface area contributed by atoms with Gasteiger partial charge in [0, 0.05) is 38.2 Å². The van der Waals surface area contributed by atoms with Crippen LogP contribution in [0.4, 0.5) is 4.39 Å². The number of benzene rings is 1. The van der Waals surface area contributed by atoms with E-state index in [-0.39, 0.29) is 17.8 Å². The highest BCUT2D eigenvalue weighted by Crippen LogP contribution is 2.38. The fourth-order valence-electron chi connectivity index (χ4n) is 3.52. The maximum Gasteiger partial charge on any atom is 0.226 e. The van der Waals surface area contributed by atoms with Crippen LogP contribution in [0, 0.1) is 11.2 Å². The number of nitrogens with zero attached hydrogens (tertiary/aromatic N) is 1. The molecular formula is C19H25FN2O3. The van der Waals surface area contributed by atoms with Crippen molar-refractivity contribution in [2.24, 2.45) is 10.6 Å². The number of nitrogens with one attached hydrogen (secondary N) is 1. The second kappa shape index (κ2) is 7.95. The number of carbonyl (C=O) groups excluding carboxylic acids is 1. The molecule has 2 aliphatic heterocycles. The Kier molecular flexibility index (Phi) is 5.68. The predicted molar refractivity (Wildman–Crippen MR) is 92.8 cm³/mol. The topological polar surface area (TPSA) is 59.9 Å². The zero-order valence-corrected chi connectivity index (χ0v) is 14.6. The molecule has 1 aromatic rings. The van der Waals surface area contributed by atoms with E-state index in [1.165, 1.54) is 12.1 Å². The van der Waals surface area contributed by atoms with E-state index in [2.05, 4.69) is 10.5 Å². The van der Waals surface area contributed by atoms with Gasteiger partial charge in [0.25, 0.3) is 0 Å². The molecule has 2 heterocycles. The molecule has 5 nitrogen and oxygen atoms in total. The lowest BCUT2D eigenvalue weighted by Gasteiger charge is -2.36. The number of hydrogen-bond donors (Lipinski definition) is 1. The standard InChI is InChI=1S/C19H25FN2O3/c1-2-8-21-18(23)19(6-9-24-10-7-19)13-16-12-17(22-25-16)14-4-3-5-15(20)11-14/h3-5,11,16H,2,6-10,12-13H2,1H3,(H,21,23)/t16-/m0/s1. The van der Waals surface area contributed by atoms with Gasteiger partial charge >= 0.3 is 0 Å². The van der Waals surface area contributed by atoms with Crippen molar-refractivity contribution in [2.45, 2.75) is 45.1 Å². The Bertz CT molecular complexity index is 641. The minimum atomic E-state index is -0.467. The fourth-order valence-corrected chi connectivity index (χ4v) is 3.52. The highest BCUT2D eigenvalue weighted by atomic mass is 19.1. The van der Waals surface area contributed by atoms with Crippen LogP contribution in [-0.4, -0.2) is 37.5 Å². The van der Waals surface area contributed by atoms with Crippen LogP contribution in [0.1, 0.15) is 44.6 Å². The van der Waals surface area contributed by atoms with Crippen molar-refractivity contribution in [3.63, 3.8) is 0 Å². The predicted octanol–water partition coefficient (Wildman–Crippen LogP) is 3.03. The molecule has 1 N–H and O–H groups in total. The smallest absolute Gasteiger partial charge is 0.226 e. The normalized spacial score (nSPS) is 22.2. The first-order chi connectivity index (χ1) is 12.1. The van der Waals surface area contributed by atoms with E-state index in [4.69, 9.17) is 9.57 Å². The Labute approximate surface area is 147 Å². The van der Waals surface area contributed by atoms with Gasteiger partial charge < -0.3 is 14.9 Å². The summed E-state index contributed by atoms with van der Waals surface area (Å²) in [5.74, 6) is -0.205. The molecular weight excluding hydrogens is 323 g/mol. The monoisotopic (exact) mass is 348 g/mol. The summed E-state index contributed by atoms with van der Waals surface area (Å²) in [7, 11) is 0. The van der Waals surface area contributed by atoms with E-state index in [9.17, 15) is 9.18 Å². The van der Waals surface area contributed by atoms with Crippen LogP contribution in [0.15, 0.2) is 29.4 Å². The van der Waals surface area contributed by atoms with E-state index in [1.807, 2.05) is 13.0 Å². The summed E-state index contributed by atoms with van der Waals surface area (Å²) in [6.45, 7) is 3.89. The van der Waals surface area contributed by atoms with Crippen molar-refractivity contribution in [1.82, 2.24) is 5.32 Å². The van der Waals surface area contributed by atoms with E-state index >= 15 is 0 Å². The summed E-state index contributed by atoms with van der Waals surface area (Å²) in [5, 5.41) is 7.16. The summed E-state index contributed by atoms with van der Waals surface area (Å²) >= 11 is 0. The van der Waals surface area contributed by atoms with Crippen molar-refractivity contribution >= 4 is 11.6 Å². The lowest BCUT2D eigenvalue weighted by atomic mass is 9.74. The van der Waals surface area contributed by atoms with Crippen molar-refractivity contribution in [1.29, 1.82) is 0 Å². The maximum atomic E-state index is 13.4. The summed E-state index contributed by atoms with van der Waals surface area (Å²) < 4.78 is 18.9. The molecule has 25 heavy (non-hydrogen) atoms. The Morgan fingerprint density at radius 1 is 1.40 bits per heavy atom. The fraction of sp³-hybridized carbons (Fsp3) is 0.579. The van der Waals surface area contributed by atoms with Crippen LogP contribution < -0.4 is 5.32 Å². The molecule has 0 aromatic heterocycles. The number of ether oxygens (including phenoxy) is 1. The molecule has 1 saturated heterocycles. The van der Waals surface area contributed by atoms with Gasteiger partial charge in [-0.25, -0.2) is 4.39 Å². The third-order valence-electron chi connectivity index (χ3n) is 4.98. The first kappa shape index (κ1) is 17.9. The number of halogens is 1. The van der Waals surface area contributed by atoms with Gasteiger partial charge in [-0.15, -0.1) is 0 Å². The maximum absolute atomic E-state index is 13.4. The minimum absolute atomic E-state index is 0.0838. The largest absolute Gasteiger partial charge is 0.392 e. The molecule has 0 aliphatic carbocycles. The molecule has 3 rings (SSSR count). The molecule has 136 valence electrons. The van der Waals surface area contributed by atoms with Crippen LogP contribution in [0.2, 0.25) is 0 Å². The van der Waals surface area contributed by atoms with E-state index in [1.54, 1.807) is 6.07 Å². The van der Waals surface area contributed by atoms with Gasteiger partial charge in [0.1, 0.15) is 11.9 Å². The molecule has 1 aromatic carbocycles. The number of amides is 1. The molecule has 2 aliphatic rings. The molecule has 0 radical (unpaired) electrons. The van der Waals surface area contributed by atoms with E-state index < -0.39 is 5.41 Å². The summed E-state index contributed by atoms with van der Waals surface area (Å²) in [6.07, 6.45) is 3.32. The van der Waals surface area contributed by atoms with Crippen LogP contribution in [0.5, 0.6) is 0 Å². The SMILES string of the molecule is CCCNC(=O)C1(C[C@@H]2CC(c3cccc(F)c3)=NO2)CCOCC1. The molecule has 0 saturated carbocycles. The third-order valence-corrected chi connectivity index (χ3v) is 4.98. The van der Waals surface area contributed by atoms with Crippen LogP contribution in [0.25, 0.3) is 0 Å². The average Bonchev–Trinajstić information content (AvgIpc) is 3.08. The van der Waals surface area contributed by atoms with Crippen LogP contribution in [-0.2, 0) is 14.4 Å². The molecule has 0 bridgehead atoms. The molecule has 0 spiro atoms. The first-order valence-electron chi connectivity index (χ1n) is 8.98. The Balaban J connectivity index is 1.66. The van der Waals surface area contributed by atoms with Gasteiger partial charge in [-0.05, 0) is 31.4 Å². The Hall–Kier alpha value is -1.95. The van der Waals surface area contributed by atoms with Gasteiger partial charge in [-0.2, -0.15) is 0 Å². The van der Waals surface area contributed by atoms with Crippen molar-refractivity contribution in [2.75, 3.05) is 19.8 Å². The molecule has 1 amide bonds.